The van der Waals surface area contributed by atoms with Crippen molar-refractivity contribution >= 4 is 23.1 Å². The maximum Gasteiger partial charge on any atom is 0.149 e. The number of rotatable bonds is 5. The summed E-state index contributed by atoms with van der Waals surface area (Å²) in [6, 6.07) is 7.88. The highest BCUT2D eigenvalue weighted by molar-refractivity contribution is 8.01. The van der Waals surface area contributed by atoms with Gasteiger partial charge < -0.3 is 10.5 Å². The minimum absolute atomic E-state index is 0.000926. The second-order valence-corrected chi connectivity index (χ2v) is 5.65. The van der Waals surface area contributed by atoms with E-state index in [4.69, 9.17) is 10.5 Å². The molecule has 1 atom stereocenters. The number of ether oxygens (including phenoxy) is 1. The Morgan fingerprint density at radius 1 is 1.53 bits per heavy atom. The van der Waals surface area contributed by atoms with E-state index in [1.165, 1.54) is 0 Å². The molecule has 0 fully saturated rings. The molecule has 0 aliphatic rings. The number of hydrogen-bond acceptors (Lipinski definition) is 5. The van der Waals surface area contributed by atoms with Crippen LogP contribution in [0.3, 0.4) is 0 Å². The van der Waals surface area contributed by atoms with Gasteiger partial charge in [0.05, 0.1) is 7.11 Å². The van der Waals surface area contributed by atoms with Gasteiger partial charge in [0.1, 0.15) is 10.1 Å². The molecule has 90 valence electrons. The SMILES string of the molecule is COc1cccc(C(N)CSc2nccs2)c1. The maximum atomic E-state index is 6.14. The summed E-state index contributed by atoms with van der Waals surface area (Å²) in [4.78, 5) is 4.22. The molecule has 1 heterocycles. The van der Waals surface area contributed by atoms with Gasteiger partial charge in [-0.25, -0.2) is 4.98 Å². The number of aromatic nitrogens is 1. The molecular formula is C12H14N2OS2. The number of thiazole rings is 1. The van der Waals surface area contributed by atoms with Crippen molar-refractivity contribution in [2.75, 3.05) is 12.9 Å². The van der Waals surface area contributed by atoms with Crippen molar-refractivity contribution in [3.05, 3.63) is 41.4 Å². The molecule has 0 saturated carbocycles. The first-order chi connectivity index (χ1) is 8.29. The monoisotopic (exact) mass is 266 g/mol. The lowest BCUT2D eigenvalue weighted by Crippen LogP contribution is -2.12. The first kappa shape index (κ1) is 12.4. The van der Waals surface area contributed by atoms with Crippen LogP contribution < -0.4 is 10.5 Å². The van der Waals surface area contributed by atoms with Gasteiger partial charge >= 0.3 is 0 Å². The van der Waals surface area contributed by atoms with E-state index in [2.05, 4.69) is 4.98 Å². The van der Waals surface area contributed by atoms with Crippen LogP contribution in [0.2, 0.25) is 0 Å². The molecule has 1 aromatic heterocycles. The van der Waals surface area contributed by atoms with E-state index in [-0.39, 0.29) is 6.04 Å². The third-order valence-corrected chi connectivity index (χ3v) is 4.40. The van der Waals surface area contributed by atoms with Gasteiger partial charge in [-0.1, -0.05) is 23.9 Å². The van der Waals surface area contributed by atoms with E-state index in [1.807, 2.05) is 35.8 Å². The summed E-state index contributed by atoms with van der Waals surface area (Å²) >= 11 is 3.32. The molecule has 17 heavy (non-hydrogen) atoms. The third kappa shape index (κ3) is 3.46. The van der Waals surface area contributed by atoms with Crippen LogP contribution in [-0.4, -0.2) is 17.8 Å². The molecule has 1 unspecified atom stereocenters. The predicted molar refractivity (Wildman–Crippen MR) is 72.8 cm³/mol. The minimum atomic E-state index is -0.000926. The lowest BCUT2D eigenvalue weighted by atomic mass is 10.1. The second-order valence-electron chi connectivity index (χ2n) is 3.49. The van der Waals surface area contributed by atoms with Crippen LogP contribution in [0.5, 0.6) is 5.75 Å². The molecule has 0 aliphatic carbocycles. The number of benzene rings is 1. The molecule has 2 aromatic rings. The third-order valence-electron chi connectivity index (χ3n) is 2.32. The Balaban J connectivity index is 1.96. The van der Waals surface area contributed by atoms with E-state index in [0.29, 0.717) is 0 Å². The summed E-state index contributed by atoms with van der Waals surface area (Å²) < 4.78 is 6.24. The molecule has 0 bridgehead atoms. The number of hydrogen-bond donors (Lipinski definition) is 1. The van der Waals surface area contributed by atoms with Gasteiger partial charge in [-0.2, -0.15) is 0 Å². The summed E-state index contributed by atoms with van der Waals surface area (Å²) in [6.45, 7) is 0. The van der Waals surface area contributed by atoms with Gasteiger partial charge in [-0.15, -0.1) is 11.3 Å². The van der Waals surface area contributed by atoms with E-state index in [1.54, 1.807) is 30.2 Å². The van der Waals surface area contributed by atoms with Crippen molar-refractivity contribution in [3.8, 4) is 5.75 Å². The first-order valence-corrected chi connectivity index (χ1v) is 7.08. The van der Waals surface area contributed by atoms with Crippen LogP contribution >= 0.6 is 23.1 Å². The average Bonchev–Trinajstić information content (AvgIpc) is 2.89. The van der Waals surface area contributed by atoms with Crippen LogP contribution in [0.15, 0.2) is 40.2 Å². The van der Waals surface area contributed by atoms with Crippen molar-refractivity contribution in [3.63, 3.8) is 0 Å². The molecule has 5 heteroatoms. The van der Waals surface area contributed by atoms with Crippen molar-refractivity contribution < 1.29 is 4.74 Å². The quantitative estimate of drug-likeness (QED) is 0.845. The van der Waals surface area contributed by atoms with Gasteiger partial charge in [0, 0.05) is 23.4 Å². The predicted octanol–water partition coefficient (Wildman–Crippen LogP) is 2.94. The Morgan fingerprint density at radius 2 is 2.41 bits per heavy atom. The summed E-state index contributed by atoms with van der Waals surface area (Å²) in [7, 11) is 1.66. The normalized spacial score (nSPS) is 12.4. The van der Waals surface area contributed by atoms with Crippen LogP contribution in [0.1, 0.15) is 11.6 Å². The Bertz CT molecular complexity index is 459. The molecule has 0 spiro atoms. The summed E-state index contributed by atoms with van der Waals surface area (Å²) in [5.74, 6) is 1.66. The molecular weight excluding hydrogens is 252 g/mol. The highest BCUT2D eigenvalue weighted by atomic mass is 32.2. The Kier molecular flexibility index (Phi) is 4.42. The molecule has 2 rings (SSSR count). The smallest absolute Gasteiger partial charge is 0.149 e. The lowest BCUT2D eigenvalue weighted by Gasteiger charge is -2.11. The van der Waals surface area contributed by atoms with Crippen LogP contribution in [-0.2, 0) is 0 Å². The molecule has 1 aromatic carbocycles. The highest BCUT2D eigenvalue weighted by Crippen LogP contribution is 2.26. The fraction of sp³-hybridized carbons (Fsp3) is 0.250. The van der Waals surface area contributed by atoms with E-state index in [0.717, 1.165) is 21.4 Å². The van der Waals surface area contributed by atoms with Crippen LogP contribution in [0.4, 0.5) is 0 Å². The van der Waals surface area contributed by atoms with E-state index < -0.39 is 0 Å². The molecule has 0 radical (unpaired) electrons. The maximum absolute atomic E-state index is 6.14. The van der Waals surface area contributed by atoms with E-state index in [9.17, 15) is 0 Å². The zero-order valence-corrected chi connectivity index (χ0v) is 11.1. The van der Waals surface area contributed by atoms with Crippen molar-refractivity contribution in [1.29, 1.82) is 0 Å². The number of thioether (sulfide) groups is 1. The largest absolute Gasteiger partial charge is 0.497 e. The summed E-state index contributed by atoms with van der Waals surface area (Å²) in [5.41, 5.74) is 7.23. The zero-order valence-electron chi connectivity index (χ0n) is 9.50. The Hall–Kier alpha value is -1.04. The Morgan fingerprint density at radius 3 is 3.12 bits per heavy atom. The highest BCUT2D eigenvalue weighted by Gasteiger charge is 2.08. The number of nitrogens with zero attached hydrogens (tertiary/aromatic N) is 1. The van der Waals surface area contributed by atoms with Crippen molar-refractivity contribution in [2.24, 2.45) is 5.73 Å². The zero-order chi connectivity index (χ0) is 12.1. The van der Waals surface area contributed by atoms with Gasteiger partial charge in [-0.05, 0) is 17.7 Å². The molecule has 2 N–H and O–H groups in total. The topological polar surface area (TPSA) is 48.1 Å². The van der Waals surface area contributed by atoms with Crippen molar-refractivity contribution in [1.82, 2.24) is 4.98 Å². The summed E-state index contributed by atoms with van der Waals surface area (Å²) in [5, 5.41) is 1.97. The number of methoxy groups -OCH3 is 1. The van der Waals surface area contributed by atoms with Gasteiger partial charge in [0.2, 0.25) is 0 Å². The standard InChI is InChI=1S/C12H14N2OS2/c1-15-10-4-2-3-9(7-10)11(13)8-17-12-14-5-6-16-12/h2-7,11H,8,13H2,1H3. The van der Waals surface area contributed by atoms with Gasteiger partial charge in [0.25, 0.3) is 0 Å². The van der Waals surface area contributed by atoms with Crippen LogP contribution in [0.25, 0.3) is 0 Å². The van der Waals surface area contributed by atoms with Gasteiger partial charge in [-0.3, -0.25) is 0 Å². The Labute approximate surface area is 109 Å². The molecule has 0 saturated heterocycles. The molecule has 3 nitrogen and oxygen atoms in total. The minimum Gasteiger partial charge on any atom is -0.497 e. The van der Waals surface area contributed by atoms with Crippen LogP contribution in [0, 0.1) is 0 Å². The second kappa shape index (κ2) is 6.05. The summed E-state index contributed by atoms with van der Waals surface area (Å²) in [6.07, 6.45) is 1.81. The average molecular weight is 266 g/mol. The fourth-order valence-electron chi connectivity index (χ4n) is 1.41. The number of nitrogens with two attached hydrogens (primary N) is 1. The van der Waals surface area contributed by atoms with Gasteiger partial charge in [0.15, 0.2) is 0 Å². The molecule has 0 aliphatic heterocycles. The van der Waals surface area contributed by atoms with E-state index >= 15 is 0 Å². The van der Waals surface area contributed by atoms with Crippen molar-refractivity contribution in [2.45, 2.75) is 10.4 Å². The fourth-order valence-corrected chi connectivity index (χ4v) is 3.06. The molecule has 0 amide bonds. The lowest BCUT2D eigenvalue weighted by molar-refractivity contribution is 0.414. The first-order valence-electron chi connectivity index (χ1n) is 5.21.